The number of ether oxygens (including phenoxy) is 1. The first kappa shape index (κ1) is 19.9. The average Bonchev–Trinajstić information content (AvgIpc) is 2.97. The van der Waals surface area contributed by atoms with Crippen LogP contribution in [0.4, 0.5) is 0 Å². The molecule has 4 aliphatic carbocycles. The fraction of sp³-hybridized carbons (Fsp3) is 0.864. The maximum absolute atomic E-state index is 12.6. The molecule has 4 saturated carbocycles. The van der Waals surface area contributed by atoms with E-state index in [1.807, 2.05) is 0 Å². The van der Waals surface area contributed by atoms with Crippen molar-refractivity contribution in [2.75, 3.05) is 6.54 Å². The van der Waals surface area contributed by atoms with Crippen LogP contribution in [-0.4, -0.2) is 35.3 Å². The summed E-state index contributed by atoms with van der Waals surface area (Å²) in [5.41, 5.74) is 6.19. The molecule has 0 saturated heterocycles. The standard InChI is InChI=1S/C22H34N2O4/c1-21-8-5-13(28-20(26)7-10-23)11-17(21)18(24-27)12-14-15-3-4-19(25)22(15,2)9-6-16(14)21/h13-17,27H,3-12,23H2,1-2H3/b24-18-/t13-,14-,15-,16-,17?,21+,22-/m0/s1. The lowest BCUT2D eigenvalue weighted by molar-refractivity contribution is -0.155. The third kappa shape index (κ3) is 2.90. The molecule has 4 rings (SSSR count). The molecule has 0 aromatic carbocycles. The van der Waals surface area contributed by atoms with Crippen molar-refractivity contribution in [2.24, 2.45) is 45.4 Å². The van der Waals surface area contributed by atoms with Crippen LogP contribution in [0, 0.1) is 34.5 Å². The predicted octanol–water partition coefficient (Wildman–Crippen LogP) is 3.30. The molecule has 28 heavy (non-hydrogen) atoms. The van der Waals surface area contributed by atoms with Gasteiger partial charge < -0.3 is 15.7 Å². The van der Waals surface area contributed by atoms with E-state index < -0.39 is 0 Å². The minimum atomic E-state index is -0.231. The summed E-state index contributed by atoms with van der Waals surface area (Å²) in [4.78, 5) is 24.5. The summed E-state index contributed by atoms with van der Waals surface area (Å²) in [7, 11) is 0. The SMILES string of the molecule is C[C@]12CC[C@H](OC(=O)CCN)CC1/C(=N\O)C[C@@H]1[C@@H]2CC[C@]2(C)C(=O)CC[C@@H]12. The Morgan fingerprint density at radius 3 is 2.75 bits per heavy atom. The van der Waals surface area contributed by atoms with E-state index in [0.29, 0.717) is 36.5 Å². The number of hydrogen-bond donors (Lipinski definition) is 2. The number of nitrogens with two attached hydrogens (primary N) is 1. The molecule has 7 atom stereocenters. The van der Waals surface area contributed by atoms with Crippen LogP contribution in [-0.2, 0) is 14.3 Å². The van der Waals surface area contributed by atoms with E-state index in [4.69, 9.17) is 10.5 Å². The van der Waals surface area contributed by atoms with Crippen LogP contribution in [0.3, 0.4) is 0 Å². The number of carbonyl (C=O) groups excluding carboxylic acids is 2. The third-order valence-corrected chi connectivity index (χ3v) is 8.91. The lowest BCUT2D eigenvalue weighted by Crippen LogP contribution is -2.57. The molecule has 156 valence electrons. The third-order valence-electron chi connectivity index (χ3n) is 8.91. The maximum atomic E-state index is 12.6. The molecule has 6 nitrogen and oxygen atoms in total. The minimum Gasteiger partial charge on any atom is -0.462 e. The number of rotatable bonds is 3. The van der Waals surface area contributed by atoms with Gasteiger partial charge in [-0.1, -0.05) is 19.0 Å². The Kier molecular flexibility index (Phi) is 5.05. The van der Waals surface area contributed by atoms with E-state index in [0.717, 1.165) is 50.7 Å². The molecule has 4 fully saturated rings. The first-order chi connectivity index (χ1) is 13.3. The summed E-state index contributed by atoms with van der Waals surface area (Å²) < 4.78 is 5.65. The number of hydrogen-bond acceptors (Lipinski definition) is 6. The van der Waals surface area contributed by atoms with Crippen molar-refractivity contribution < 1.29 is 19.5 Å². The highest BCUT2D eigenvalue weighted by Crippen LogP contribution is 2.65. The highest BCUT2D eigenvalue weighted by molar-refractivity contribution is 5.90. The summed E-state index contributed by atoms with van der Waals surface area (Å²) in [5.74, 6) is 1.73. The van der Waals surface area contributed by atoms with Gasteiger partial charge in [0.05, 0.1) is 12.1 Å². The summed E-state index contributed by atoms with van der Waals surface area (Å²) in [6.07, 6.45) is 7.21. The van der Waals surface area contributed by atoms with Crippen molar-refractivity contribution in [1.29, 1.82) is 0 Å². The number of nitrogens with zero attached hydrogens (tertiary/aromatic N) is 1. The smallest absolute Gasteiger partial charge is 0.307 e. The normalized spacial score (nSPS) is 46.6. The van der Waals surface area contributed by atoms with E-state index in [-0.39, 0.29) is 35.2 Å². The molecular formula is C22H34N2O4. The molecule has 3 N–H and O–H groups in total. The Hall–Kier alpha value is -1.43. The van der Waals surface area contributed by atoms with Gasteiger partial charge in [0.15, 0.2) is 0 Å². The quantitative estimate of drug-likeness (QED) is 0.437. The average molecular weight is 391 g/mol. The fourth-order valence-corrected chi connectivity index (χ4v) is 7.38. The van der Waals surface area contributed by atoms with Gasteiger partial charge in [0.2, 0.25) is 0 Å². The van der Waals surface area contributed by atoms with Crippen LogP contribution < -0.4 is 5.73 Å². The van der Waals surface area contributed by atoms with Gasteiger partial charge in [0, 0.05) is 24.3 Å². The van der Waals surface area contributed by atoms with Crippen LogP contribution in [0.25, 0.3) is 0 Å². The van der Waals surface area contributed by atoms with Gasteiger partial charge in [0.1, 0.15) is 11.9 Å². The van der Waals surface area contributed by atoms with Gasteiger partial charge in [-0.15, -0.1) is 0 Å². The number of carbonyl (C=O) groups is 2. The Bertz CT molecular complexity index is 692. The van der Waals surface area contributed by atoms with Crippen LogP contribution in [0.2, 0.25) is 0 Å². The fourth-order valence-electron chi connectivity index (χ4n) is 7.38. The van der Waals surface area contributed by atoms with E-state index in [2.05, 4.69) is 19.0 Å². The van der Waals surface area contributed by atoms with Gasteiger partial charge in [-0.25, -0.2) is 0 Å². The van der Waals surface area contributed by atoms with Crippen molar-refractivity contribution in [3.05, 3.63) is 0 Å². The Balaban J connectivity index is 1.57. The second-order valence-corrected chi connectivity index (χ2v) is 10.1. The monoisotopic (exact) mass is 390 g/mol. The topological polar surface area (TPSA) is 102 Å². The lowest BCUT2D eigenvalue weighted by Gasteiger charge is -2.60. The second kappa shape index (κ2) is 7.12. The van der Waals surface area contributed by atoms with Crippen LogP contribution in [0.1, 0.15) is 71.6 Å². The predicted molar refractivity (Wildman–Crippen MR) is 105 cm³/mol. The lowest BCUT2D eigenvalue weighted by atomic mass is 9.44. The number of oxime groups is 1. The van der Waals surface area contributed by atoms with E-state index in [1.165, 1.54) is 0 Å². The molecule has 6 heteroatoms. The van der Waals surface area contributed by atoms with Gasteiger partial charge >= 0.3 is 5.97 Å². The molecule has 0 spiro atoms. The van der Waals surface area contributed by atoms with Crippen molar-refractivity contribution in [3.8, 4) is 0 Å². The van der Waals surface area contributed by atoms with E-state index >= 15 is 0 Å². The Morgan fingerprint density at radius 1 is 1.25 bits per heavy atom. The second-order valence-electron chi connectivity index (χ2n) is 10.1. The number of esters is 1. The first-order valence-corrected chi connectivity index (χ1v) is 11.0. The van der Waals surface area contributed by atoms with Gasteiger partial charge in [0.25, 0.3) is 0 Å². The van der Waals surface area contributed by atoms with E-state index in [9.17, 15) is 14.8 Å². The summed E-state index contributed by atoms with van der Waals surface area (Å²) in [6, 6.07) is 0. The number of ketones is 1. The van der Waals surface area contributed by atoms with Crippen LogP contribution in [0.5, 0.6) is 0 Å². The Labute approximate surface area is 167 Å². The minimum absolute atomic E-state index is 0.0498. The Morgan fingerprint density at radius 2 is 2.04 bits per heavy atom. The zero-order valence-electron chi connectivity index (χ0n) is 17.2. The first-order valence-electron chi connectivity index (χ1n) is 11.0. The largest absolute Gasteiger partial charge is 0.462 e. The summed E-state index contributed by atoms with van der Waals surface area (Å²) in [5, 5.41) is 13.6. The molecular weight excluding hydrogens is 356 g/mol. The molecule has 0 amide bonds. The van der Waals surface area contributed by atoms with Crippen molar-refractivity contribution in [2.45, 2.75) is 77.7 Å². The molecule has 0 aromatic rings. The number of fused-ring (bicyclic) bond motifs is 5. The van der Waals surface area contributed by atoms with Crippen LogP contribution >= 0.6 is 0 Å². The van der Waals surface area contributed by atoms with Crippen LogP contribution in [0.15, 0.2) is 5.16 Å². The summed E-state index contributed by atoms with van der Waals surface area (Å²) in [6.45, 7) is 4.82. The maximum Gasteiger partial charge on any atom is 0.307 e. The highest BCUT2D eigenvalue weighted by Gasteiger charge is 2.62. The van der Waals surface area contributed by atoms with Crippen molar-refractivity contribution >= 4 is 17.5 Å². The summed E-state index contributed by atoms with van der Waals surface area (Å²) >= 11 is 0. The van der Waals surface area contributed by atoms with Gasteiger partial charge in [-0.2, -0.15) is 0 Å². The molecule has 0 radical (unpaired) electrons. The molecule has 0 aliphatic heterocycles. The van der Waals surface area contributed by atoms with Crippen molar-refractivity contribution in [1.82, 2.24) is 0 Å². The van der Waals surface area contributed by atoms with Crippen molar-refractivity contribution in [3.63, 3.8) is 0 Å². The van der Waals surface area contributed by atoms with Gasteiger partial charge in [-0.3, -0.25) is 9.59 Å². The molecule has 0 bridgehead atoms. The molecule has 1 unspecified atom stereocenters. The molecule has 4 aliphatic rings. The zero-order valence-corrected chi connectivity index (χ0v) is 17.2. The van der Waals surface area contributed by atoms with Gasteiger partial charge in [-0.05, 0) is 68.1 Å². The molecule has 0 heterocycles. The number of Topliss-reactive ketones (excluding diaryl/α,β-unsaturated/α-hetero) is 1. The highest BCUT2D eigenvalue weighted by atomic mass is 16.5. The molecule has 0 aromatic heterocycles. The van der Waals surface area contributed by atoms with E-state index in [1.54, 1.807) is 0 Å². The zero-order chi connectivity index (χ0) is 20.1.